The fourth-order valence-corrected chi connectivity index (χ4v) is 3.73. The van der Waals surface area contributed by atoms with E-state index in [0.717, 1.165) is 31.2 Å². The number of carbonyl (C=O) groups excluding carboxylic acids is 1. The average molecular weight is 479 g/mol. The molecular formula is C29H35FN2O3. The summed E-state index contributed by atoms with van der Waals surface area (Å²) < 4.78 is 25.2. The molecule has 186 valence electrons. The maximum atomic E-state index is 14.4. The highest BCUT2D eigenvalue weighted by Gasteiger charge is 2.16. The number of carbonyl (C=O) groups is 1. The van der Waals surface area contributed by atoms with Gasteiger partial charge in [-0.2, -0.15) is 0 Å². The van der Waals surface area contributed by atoms with E-state index in [4.69, 9.17) is 9.47 Å². The molecule has 0 atom stereocenters. The zero-order valence-corrected chi connectivity index (χ0v) is 20.8. The van der Waals surface area contributed by atoms with Crippen LogP contribution in [0.1, 0.15) is 81.1 Å². The highest BCUT2D eigenvalue weighted by molar-refractivity contribution is 5.91. The van der Waals surface area contributed by atoms with E-state index in [1.807, 2.05) is 12.1 Å². The monoisotopic (exact) mass is 478 g/mol. The quantitative estimate of drug-likeness (QED) is 0.176. The van der Waals surface area contributed by atoms with E-state index in [-0.39, 0.29) is 11.3 Å². The molecule has 3 rings (SSSR count). The maximum Gasteiger partial charge on any atom is 0.346 e. The molecule has 0 N–H and O–H groups in total. The summed E-state index contributed by atoms with van der Waals surface area (Å²) in [5.41, 5.74) is 2.02. The molecule has 0 bridgehead atoms. The second kappa shape index (κ2) is 14.2. The van der Waals surface area contributed by atoms with E-state index in [1.54, 1.807) is 6.07 Å². The van der Waals surface area contributed by atoms with Crippen LogP contribution in [0.2, 0.25) is 0 Å². The molecule has 2 aromatic carbocycles. The molecule has 0 fully saturated rings. The highest BCUT2D eigenvalue weighted by atomic mass is 19.1. The van der Waals surface area contributed by atoms with Gasteiger partial charge in [0.25, 0.3) is 0 Å². The molecule has 0 radical (unpaired) electrons. The molecule has 5 nitrogen and oxygen atoms in total. The molecule has 0 aliphatic heterocycles. The lowest BCUT2D eigenvalue weighted by Crippen LogP contribution is -2.11. The Morgan fingerprint density at radius 2 is 1.51 bits per heavy atom. The first-order chi connectivity index (χ1) is 17.1. The van der Waals surface area contributed by atoms with Crippen LogP contribution in [0, 0.1) is 5.82 Å². The Hall–Kier alpha value is -3.28. The topological polar surface area (TPSA) is 61.3 Å². The number of halogens is 1. The molecule has 1 heterocycles. The van der Waals surface area contributed by atoms with Crippen LogP contribution in [0.5, 0.6) is 11.5 Å². The van der Waals surface area contributed by atoms with Crippen LogP contribution in [-0.2, 0) is 6.42 Å². The van der Waals surface area contributed by atoms with Gasteiger partial charge in [-0.15, -0.1) is 0 Å². The van der Waals surface area contributed by atoms with Gasteiger partial charge in [-0.1, -0.05) is 76.6 Å². The third-order valence-corrected chi connectivity index (χ3v) is 5.80. The van der Waals surface area contributed by atoms with Crippen molar-refractivity contribution in [2.45, 2.75) is 71.6 Å². The summed E-state index contributed by atoms with van der Waals surface area (Å²) in [6.45, 7) is 4.84. The van der Waals surface area contributed by atoms with Gasteiger partial charge >= 0.3 is 5.97 Å². The predicted molar refractivity (Wildman–Crippen MR) is 136 cm³/mol. The first-order valence-electron chi connectivity index (χ1n) is 12.7. The number of esters is 1. The zero-order chi connectivity index (χ0) is 24.9. The minimum atomic E-state index is -0.806. The second-order valence-corrected chi connectivity index (χ2v) is 8.69. The van der Waals surface area contributed by atoms with Gasteiger partial charge < -0.3 is 9.47 Å². The van der Waals surface area contributed by atoms with Crippen LogP contribution < -0.4 is 9.47 Å². The highest BCUT2D eigenvalue weighted by Crippen LogP contribution is 2.21. The number of aryl methyl sites for hydroxylation is 1. The Bertz CT molecular complexity index is 1050. The Morgan fingerprint density at radius 1 is 0.829 bits per heavy atom. The Kier molecular flexibility index (Phi) is 10.7. The number of rotatable bonds is 14. The van der Waals surface area contributed by atoms with Crippen molar-refractivity contribution in [3.63, 3.8) is 0 Å². The third kappa shape index (κ3) is 8.46. The van der Waals surface area contributed by atoms with Gasteiger partial charge in [0.15, 0.2) is 11.6 Å². The predicted octanol–water partition coefficient (Wildman–Crippen LogP) is 7.58. The van der Waals surface area contributed by atoms with Crippen molar-refractivity contribution in [1.82, 2.24) is 9.97 Å². The van der Waals surface area contributed by atoms with Crippen molar-refractivity contribution in [2.24, 2.45) is 0 Å². The first-order valence-corrected chi connectivity index (χ1v) is 12.7. The molecule has 0 saturated carbocycles. The normalized spacial score (nSPS) is 10.8. The summed E-state index contributed by atoms with van der Waals surface area (Å²) >= 11 is 0. The summed E-state index contributed by atoms with van der Waals surface area (Å²) in [6, 6.07) is 12.4. The maximum absolute atomic E-state index is 14.4. The van der Waals surface area contributed by atoms with E-state index in [0.29, 0.717) is 18.2 Å². The van der Waals surface area contributed by atoms with Crippen LogP contribution in [0.4, 0.5) is 4.39 Å². The Balaban J connectivity index is 1.53. The lowest BCUT2D eigenvalue weighted by Gasteiger charge is -2.09. The third-order valence-electron chi connectivity index (χ3n) is 5.80. The lowest BCUT2D eigenvalue weighted by molar-refractivity contribution is 0.0728. The van der Waals surface area contributed by atoms with Gasteiger partial charge in [0.1, 0.15) is 11.6 Å². The largest absolute Gasteiger partial charge is 0.493 e. The zero-order valence-electron chi connectivity index (χ0n) is 20.8. The summed E-state index contributed by atoms with van der Waals surface area (Å²) in [5.74, 6) is -0.409. The van der Waals surface area contributed by atoms with Crippen molar-refractivity contribution in [3.8, 4) is 22.9 Å². The Labute approximate surface area is 207 Å². The summed E-state index contributed by atoms with van der Waals surface area (Å²) in [6.07, 6.45) is 13.3. The minimum Gasteiger partial charge on any atom is -0.493 e. The molecule has 0 aliphatic rings. The number of aromatic nitrogens is 2. The number of unbranched alkanes of at least 4 members (excludes halogenated alkanes) is 6. The standard InChI is InChI=1S/C29H35FN2O3/c1-3-5-7-8-9-11-22-12-14-23(15-13-22)28-31-20-25(21-32-28)35-29(33)26-17-16-24(19-27(26)30)34-18-10-6-4-2/h12-17,19-21H,3-11,18H2,1-2H3. The number of hydrogen-bond donors (Lipinski definition) is 0. The van der Waals surface area contributed by atoms with Crippen LogP contribution in [-0.4, -0.2) is 22.5 Å². The first kappa shape index (κ1) is 26.3. The van der Waals surface area contributed by atoms with Crippen molar-refractivity contribution >= 4 is 5.97 Å². The number of ether oxygens (including phenoxy) is 2. The molecular weight excluding hydrogens is 443 g/mol. The molecule has 0 aliphatic carbocycles. The van der Waals surface area contributed by atoms with E-state index in [9.17, 15) is 9.18 Å². The van der Waals surface area contributed by atoms with Crippen molar-refractivity contribution < 1.29 is 18.7 Å². The fraction of sp³-hybridized carbons (Fsp3) is 0.414. The fourth-order valence-electron chi connectivity index (χ4n) is 3.73. The van der Waals surface area contributed by atoms with Crippen molar-refractivity contribution in [3.05, 3.63) is 71.8 Å². The molecule has 3 aromatic rings. The smallest absolute Gasteiger partial charge is 0.346 e. The number of hydrogen-bond acceptors (Lipinski definition) is 5. The minimum absolute atomic E-state index is 0.154. The second-order valence-electron chi connectivity index (χ2n) is 8.69. The van der Waals surface area contributed by atoms with Gasteiger partial charge in [-0.3, -0.25) is 0 Å². The SMILES string of the molecule is CCCCCCCc1ccc(-c2ncc(OC(=O)c3ccc(OCCCCC)cc3F)cn2)cc1. The summed E-state index contributed by atoms with van der Waals surface area (Å²) in [7, 11) is 0. The lowest BCUT2D eigenvalue weighted by atomic mass is 10.0. The van der Waals surface area contributed by atoms with Gasteiger partial charge in [-0.05, 0) is 37.0 Å². The van der Waals surface area contributed by atoms with E-state index in [2.05, 4.69) is 35.9 Å². The van der Waals surface area contributed by atoms with E-state index >= 15 is 0 Å². The molecule has 0 amide bonds. The Morgan fingerprint density at radius 3 is 2.20 bits per heavy atom. The molecule has 0 unspecified atom stereocenters. The summed E-state index contributed by atoms with van der Waals surface area (Å²) in [4.78, 5) is 21.0. The van der Waals surface area contributed by atoms with Gasteiger partial charge in [0.2, 0.25) is 0 Å². The number of benzene rings is 2. The molecule has 6 heteroatoms. The van der Waals surface area contributed by atoms with E-state index < -0.39 is 11.8 Å². The van der Waals surface area contributed by atoms with Gasteiger partial charge in [0.05, 0.1) is 24.6 Å². The van der Waals surface area contributed by atoms with Crippen molar-refractivity contribution in [1.29, 1.82) is 0 Å². The molecule has 35 heavy (non-hydrogen) atoms. The van der Waals surface area contributed by atoms with Gasteiger partial charge in [-0.25, -0.2) is 19.2 Å². The van der Waals surface area contributed by atoms with E-state index in [1.165, 1.54) is 62.2 Å². The van der Waals surface area contributed by atoms with Crippen LogP contribution in [0.15, 0.2) is 54.9 Å². The summed E-state index contributed by atoms with van der Waals surface area (Å²) in [5, 5.41) is 0. The van der Waals surface area contributed by atoms with Crippen LogP contribution in [0.25, 0.3) is 11.4 Å². The molecule has 1 aromatic heterocycles. The van der Waals surface area contributed by atoms with Crippen molar-refractivity contribution in [2.75, 3.05) is 6.61 Å². The van der Waals surface area contributed by atoms with Crippen LogP contribution >= 0.6 is 0 Å². The number of nitrogens with zero attached hydrogens (tertiary/aromatic N) is 2. The molecule has 0 spiro atoms. The average Bonchev–Trinajstić information content (AvgIpc) is 2.87. The molecule has 0 saturated heterocycles. The van der Waals surface area contributed by atoms with Crippen LogP contribution in [0.3, 0.4) is 0 Å². The van der Waals surface area contributed by atoms with Gasteiger partial charge in [0, 0.05) is 11.6 Å².